The van der Waals surface area contributed by atoms with Crippen molar-refractivity contribution >= 4 is 25.3 Å². The minimum Gasteiger partial charge on any atom is -0.444 e. The van der Waals surface area contributed by atoms with Crippen molar-refractivity contribution in [2.45, 2.75) is 186 Å². The first kappa shape index (κ1) is 50.7. The number of carbonyl (C=O) groups excluding carboxylic acids is 1. The van der Waals surface area contributed by atoms with Gasteiger partial charge < -0.3 is 33.3 Å². The van der Waals surface area contributed by atoms with Gasteiger partial charge in [0.1, 0.15) is 54.5 Å². The normalized spacial score (nSPS) is 22.4. The Bertz CT molecular complexity index is 1730. The molecular weight excluding hydrogens is 805 g/mol. The van der Waals surface area contributed by atoms with E-state index in [4.69, 9.17) is 37.5 Å². The molecule has 1 amide bonds. The van der Waals surface area contributed by atoms with Crippen LogP contribution in [0, 0.1) is 11.3 Å². The first-order valence-corrected chi connectivity index (χ1v) is 23.8. The number of aromatic nitrogens is 3. The predicted octanol–water partition coefficient (Wildman–Crippen LogP) is 9.91. The third-order valence-electron chi connectivity index (χ3n) is 10.6. The highest BCUT2D eigenvalue weighted by atomic mass is 31.2. The zero-order chi connectivity index (χ0) is 44.4. The zero-order valence-electron chi connectivity index (χ0n) is 37.4. The van der Waals surface area contributed by atoms with Gasteiger partial charge in [-0.2, -0.15) is 10.4 Å². The van der Waals surface area contributed by atoms with Crippen molar-refractivity contribution in [1.82, 2.24) is 14.6 Å². The van der Waals surface area contributed by atoms with Crippen molar-refractivity contribution in [3.63, 3.8) is 0 Å². The predicted molar refractivity (Wildman–Crippen MR) is 231 cm³/mol. The van der Waals surface area contributed by atoms with Gasteiger partial charge in [0.2, 0.25) is 5.60 Å². The zero-order valence-corrected chi connectivity index (χ0v) is 38.3. The van der Waals surface area contributed by atoms with E-state index in [0.29, 0.717) is 17.8 Å². The molecule has 0 aromatic carbocycles. The summed E-state index contributed by atoms with van der Waals surface area (Å²) in [7, 11) is -4.75. The van der Waals surface area contributed by atoms with Gasteiger partial charge in [0, 0.05) is 6.61 Å². The molecule has 0 bridgehead atoms. The summed E-state index contributed by atoms with van der Waals surface area (Å²) >= 11 is 0. The van der Waals surface area contributed by atoms with Crippen molar-refractivity contribution in [2.75, 3.05) is 38.4 Å². The van der Waals surface area contributed by atoms with Gasteiger partial charge in [0.15, 0.2) is 11.6 Å². The number of rotatable bonds is 30. The van der Waals surface area contributed by atoms with Gasteiger partial charge in [-0.1, -0.05) is 109 Å². The number of nitrogens with zero attached hydrogens (tertiary/aromatic N) is 4. The third-order valence-corrected chi connectivity index (χ3v) is 11.5. The van der Waals surface area contributed by atoms with E-state index in [0.717, 1.165) is 12.8 Å². The monoisotopic (exact) mass is 877 g/mol. The molecule has 0 spiro atoms. The number of amides is 1. The lowest BCUT2D eigenvalue weighted by Crippen LogP contribution is -2.45. The van der Waals surface area contributed by atoms with E-state index in [9.17, 15) is 19.5 Å². The number of hydrogen-bond donors (Lipinski definition) is 2. The number of carbonyl (C=O) groups is 1. The molecule has 2 saturated heterocycles. The molecule has 0 aliphatic carbocycles. The number of nitrogens with one attached hydrogen (secondary N) is 1. The molecule has 344 valence electrons. The molecule has 2 aromatic rings. The average molecular weight is 878 g/mol. The van der Waals surface area contributed by atoms with Gasteiger partial charge in [0.05, 0.1) is 25.5 Å². The van der Waals surface area contributed by atoms with Crippen LogP contribution in [0.5, 0.6) is 0 Å². The molecule has 0 saturated carbocycles. The summed E-state index contributed by atoms with van der Waals surface area (Å²) in [5.41, 5.74) is -1.76. The van der Waals surface area contributed by atoms with E-state index in [-0.39, 0.29) is 25.6 Å². The molecule has 61 heavy (non-hydrogen) atoms. The summed E-state index contributed by atoms with van der Waals surface area (Å²) in [4.78, 5) is 27.5. The van der Waals surface area contributed by atoms with Crippen molar-refractivity contribution in [2.24, 2.45) is 0 Å². The number of anilines is 1. The Hall–Kier alpha value is -2.97. The number of ether oxygens (including phenoxy) is 6. The first-order valence-electron chi connectivity index (χ1n) is 22.3. The van der Waals surface area contributed by atoms with Crippen LogP contribution in [-0.2, 0) is 42.0 Å². The lowest BCUT2D eigenvalue weighted by Gasteiger charge is -2.29. The minimum atomic E-state index is -4.75. The molecule has 0 radical (unpaired) electrons. The lowest BCUT2D eigenvalue weighted by molar-refractivity contribution is -0.204. The van der Waals surface area contributed by atoms with E-state index in [1.807, 2.05) is 0 Å². The third kappa shape index (κ3) is 16.6. The van der Waals surface area contributed by atoms with Crippen LogP contribution in [0.3, 0.4) is 0 Å². The summed E-state index contributed by atoms with van der Waals surface area (Å²) in [5, 5.41) is 17.5. The molecule has 2 fully saturated rings. The second-order valence-corrected chi connectivity index (χ2v) is 19.0. The quantitative estimate of drug-likeness (QED) is 0.0428. The van der Waals surface area contributed by atoms with Crippen molar-refractivity contribution in [3.8, 4) is 6.07 Å². The first-order chi connectivity index (χ1) is 29.1. The Morgan fingerprint density at radius 1 is 0.984 bits per heavy atom. The van der Waals surface area contributed by atoms with Gasteiger partial charge in [-0.3, -0.25) is 14.4 Å². The fourth-order valence-corrected chi connectivity index (χ4v) is 8.36. The number of hydrogen-bond acceptors (Lipinski definition) is 13. The molecule has 1 unspecified atom stereocenters. The van der Waals surface area contributed by atoms with Gasteiger partial charge in [-0.25, -0.2) is 18.9 Å². The van der Waals surface area contributed by atoms with Crippen molar-refractivity contribution in [1.29, 1.82) is 5.26 Å². The smallest absolute Gasteiger partial charge is 0.444 e. The molecule has 6 atom stereocenters. The van der Waals surface area contributed by atoms with Crippen molar-refractivity contribution in [3.05, 3.63) is 36.8 Å². The number of unbranched alkanes of at least 4 members (excludes halogenated alkanes) is 15. The van der Waals surface area contributed by atoms with Gasteiger partial charge in [-0.15, -0.1) is 6.58 Å². The molecule has 2 N–H and O–H groups in total. The fourth-order valence-electron chi connectivity index (χ4n) is 7.57. The van der Waals surface area contributed by atoms with Gasteiger partial charge in [-0.05, 0) is 53.2 Å². The number of fused-ring (bicyclic) bond motifs is 2. The number of nitriles is 1. The fraction of sp³-hybridized carbons (Fsp3) is 0.773. The van der Waals surface area contributed by atoms with E-state index >= 15 is 0 Å². The molecule has 17 heteroatoms. The number of phosphoric acid groups is 1. The van der Waals surface area contributed by atoms with E-state index in [1.54, 1.807) is 52.8 Å². The maximum absolute atomic E-state index is 13.3. The summed E-state index contributed by atoms with van der Waals surface area (Å²) in [6, 6.07) is 5.49. The standard InChI is InChI=1S/C44H72N5O11P/c1-8-10-11-12-13-14-15-16-17-18-19-20-21-22-23-24-28-53-29-34(54-27-9-2)30-55-61(51,52)56-32-44(31-45)39-38(57-43(6,7)59-39)37(58-44)35-25-26-36-40(46-33-47-49(35)36)48-41(50)60-42(3,4)5/h9,25-26,33-34,37-39H,2,8,10-24,27-30,32H2,1,3-7H3,(H,51,52)(H,46,47,48,50)/t34-,37+,38+,39+,44-/m1/s1. The van der Waals surface area contributed by atoms with Crippen LogP contribution >= 0.6 is 7.82 Å². The van der Waals surface area contributed by atoms with Crippen LogP contribution in [-0.4, -0.2) is 93.9 Å². The molecule has 16 nitrogen and oxygen atoms in total. The van der Waals surface area contributed by atoms with Gasteiger partial charge in [0.25, 0.3) is 0 Å². The van der Waals surface area contributed by atoms with Crippen LogP contribution in [0.25, 0.3) is 5.52 Å². The summed E-state index contributed by atoms with van der Waals surface area (Å²) in [5.74, 6) is -0.949. The van der Waals surface area contributed by atoms with E-state index in [2.05, 4.69) is 35.0 Å². The second-order valence-electron chi connectivity index (χ2n) is 17.5. The molecule has 2 aromatic heterocycles. The highest BCUT2D eigenvalue weighted by Crippen LogP contribution is 2.52. The number of phosphoric ester groups is 1. The topological polar surface area (TPSA) is 194 Å². The Morgan fingerprint density at radius 3 is 2.20 bits per heavy atom. The molecule has 2 aliphatic heterocycles. The SMILES string of the molecule is C=CCO[C@H](COCCCCCCCCCCCCCCCCCC)COP(=O)(O)OC[C@@]1(C#N)O[C@@H](c2ccc3c(NC(=O)OC(C)(C)C)ncnn23)[C@@H]2OC(C)(C)O[C@@H]21. The maximum atomic E-state index is 13.3. The highest BCUT2D eigenvalue weighted by molar-refractivity contribution is 7.47. The molecule has 4 rings (SSSR count). The maximum Gasteiger partial charge on any atom is 0.472 e. The Labute approximate surface area is 362 Å². The van der Waals surface area contributed by atoms with Crippen molar-refractivity contribution < 1.29 is 51.7 Å². The summed E-state index contributed by atoms with van der Waals surface area (Å²) in [6.45, 7) is 14.5. The Balaban J connectivity index is 1.22. The van der Waals surface area contributed by atoms with Crippen LogP contribution in [0.1, 0.15) is 156 Å². The molecule has 2 aliphatic rings. The molecular formula is C44H72N5O11P. The lowest BCUT2D eigenvalue weighted by atomic mass is 9.96. The van der Waals surface area contributed by atoms with Crippen LogP contribution in [0.15, 0.2) is 31.1 Å². The highest BCUT2D eigenvalue weighted by Gasteiger charge is 2.65. The Kier molecular flexibility index (Phi) is 20.6. The molecule has 4 heterocycles. The van der Waals surface area contributed by atoms with E-state index in [1.165, 1.54) is 101 Å². The van der Waals surface area contributed by atoms with Gasteiger partial charge >= 0.3 is 13.9 Å². The van der Waals surface area contributed by atoms with Crippen LogP contribution in [0.4, 0.5) is 10.6 Å². The largest absolute Gasteiger partial charge is 0.472 e. The Morgan fingerprint density at radius 2 is 1.61 bits per heavy atom. The van der Waals surface area contributed by atoms with Crippen LogP contribution < -0.4 is 5.32 Å². The van der Waals surface area contributed by atoms with Crippen LogP contribution in [0.2, 0.25) is 0 Å². The summed E-state index contributed by atoms with van der Waals surface area (Å²) < 4.78 is 61.3. The minimum absolute atomic E-state index is 0.146. The van der Waals surface area contributed by atoms with E-state index < -0.39 is 61.9 Å². The average Bonchev–Trinajstić information content (AvgIpc) is 3.86. The second kappa shape index (κ2) is 24.8. The summed E-state index contributed by atoms with van der Waals surface area (Å²) in [6.07, 6.45) is 19.2.